The Morgan fingerprint density at radius 2 is 2.60 bits per heavy atom. The zero-order valence-corrected chi connectivity index (χ0v) is 5.16. The first kappa shape index (κ1) is 5.22. The number of hydrogen-bond acceptors (Lipinski definition) is 3. The third-order valence-corrected chi connectivity index (χ3v) is 1.32. The second-order valence-corrected chi connectivity index (χ2v) is 1.89. The molecule has 0 atom stereocenters. The minimum Gasteiger partial charge on any atom is -0.343 e. The summed E-state index contributed by atoms with van der Waals surface area (Å²) in [6.45, 7) is 3.34. The molecule has 0 bridgehead atoms. The van der Waals surface area contributed by atoms with E-state index in [1.165, 1.54) is 0 Å². The van der Waals surface area contributed by atoms with E-state index < -0.39 is 0 Å². The van der Waals surface area contributed by atoms with E-state index in [1.54, 1.807) is 6.20 Å². The van der Waals surface area contributed by atoms with Gasteiger partial charge in [-0.25, -0.2) is 4.99 Å². The van der Waals surface area contributed by atoms with Crippen LogP contribution in [0.25, 0.3) is 11.0 Å². The molecule has 0 saturated carbocycles. The van der Waals surface area contributed by atoms with E-state index in [2.05, 4.69) is 21.9 Å². The molecule has 2 aromatic rings. The summed E-state index contributed by atoms with van der Waals surface area (Å²) in [5, 5.41) is 4.56. The van der Waals surface area contributed by atoms with Gasteiger partial charge in [0.15, 0.2) is 5.65 Å². The Morgan fingerprint density at radius 1 is 1.70 bits per heavy atom. The van der Waals surface area contributed by atoms with Crippen LogP contribution in [0.5, 0.6) is 0 Å². The molecule has 2 aromatic heterocycles. The van der Waals surface area contributed by atoms with E-state index in [-0.39, 0.29) is 0 Å². The molecule has 4 heteroatoms. The van der Waals surface area contributed by atoms with Crippen LogP contribution in [-0.4, -0.2) is 16.9 Å². The molecule has 2 heterocycles. The lowest BCUT2D eigenvalue weighted by Gasteiger charge is -1.74. The third kappa shape index (κ3) is 0.500. The first-order valence-electron chi connectivity index (χ1n) is 2.81. The fourth-order valence-corrected chi connectivity index (χ4v) is 0.861. The topological polar surface area (TPSA) is 54.2 Å². The Balaban J connectivity index is 2.88. The Kier molecular flexibility index (Phi) is 0.887. The van der Waals surface area contributed by atoms with Crippen LogP contribution in [-0.2, 0) is 0 Å². The van der Waals surface area contributed by atoms with E-state index in [0.717, 1.165) is 5.39 Å². The zero-order chi connectivity index (χ0) is 6.97. The number of nitrogens with one attached hydrogen (secondary N) is 1. The molecule has 0 radical (unpaired) electrons. The monoisotopic (exact) mass is 135 g/mol. The van der Waals surface area contributed by atoms with Gasteiger partial charge in [-0.3, -0.25) is 0 Å². The first-order valence-corrected chi connectivity index (χ1v) is 2.81. The van der Waals surface area contributed by atoms with Crippen molar-refractivity contribution in [3.8, 4) is 0 Å². The highest BCUT2D eigenvalue weighted by molar-refractivity contribution is 5.85. The van der Waals surface area contributed by atoms with Crippen molar-refractivity contribution in [2.24, 2.45) is 4.99 Å². The number of aromatic amines is 1. The van der Waals surface area contributed by atoms with Gasteiger partial charge < -0.3 is 9.51 Å². The van der Waals surface area contributed by atoms with Gasteiger partial charge in [-0.05, 0) is 12.8 Å². The van der Waals surface area contributed by atoms with Gasteiger partial charge in [0.1, 0.15) is 0 Å². The zero-order valence-electron chi connectivity index (χ0n) is 5.16. The van der Waals surface area contributed by atoms with Crippen molar-refractivity contribution in [2.45, 2.75) is 0 Å². The molecular formula is C6H5N3O. The summed E-state index contributed by atoms with van der Waals surface area (Å²) in [5.41, 5.74) is 0.711. The predicted molar refractivity (Wildman–Crippen MR) is 37.6 cm³/mol. The van der Waals surface area contributed by atoms with Crippen LogP contribution in [0.4, 0.5) is 5.88 Å². The molecule has 0 aliphatic carbocycles. The van der Waals surface area contributed by atoms with Crippen molar-refractivity contribution >= 4 is 23.6 Å². The molecule has 4 nitrogen and oxygen atoms in total. The molecule has 0 fully saturated rings. The maximum atomic E-state index is 4.79. The maximum Gasteiger partial charge on any atom is 0.259 e. The lowest BCUT2D eigenvalue weighted by molar-refractivity contribution is 0.437. The number of fused-ring (bicyclic) bond motifs is 1. The van der Waals surface area contributed by atoms with Gasteiger partial charge >= 0.3 is 0 Å². The molecule has 0 amide bonds. The average molecular weight is 135 g/mol. The summed E-state index contributed by atoms with van der Waals surface area (Å²) < 4.78 is 4.79. The van der Waals surface area contributed by atoms with Crippen molar-refractivity contribution in [3.05, 3.63) is 12.3 Å². The average Bonchev–Trinajstić information content (AvgIpc) is 2.44. The Bertz CT molecular complexity index is 360. The summed E-state index contributed by atoms with van der Waals surface area (Å²) in [6.07, 6.45) is 1.78. The smallest absolute Gasteiger partial charge is 0.259 e. The van der Waals surface area contributed by atoms with Crippen LogP contribution >= 0.6 is 0 Å². The molecule has 2 rings (SSSR count). The first-order chi connectivity index (χ1) is 4.92. The molecule has 1 N–H and O–H groups in total. The molecular weight excluding hydrogens is 130 g/mol. The quantitative estimate of drug-likeness (QED) is 0.602. The predicted octanol–water partition coefficient (Wildman–Crippen LogP) is 1.49. The van der Waals surface area contributed by atoms with Crippen molar-refractivity contribution < 1.29 is 4.52 Å². The Labute approximate surface area is 56.5 Å². The van der Waals surface area contributed by atoms with Gasteiger partial charge in [0.25, 0.3) is 5.88 Å². The van der Waals surface area contributed by atoms with Crippen LogP contribution < -0.4 is 0 Å². The summed E-state index contributed by atoms with van der Waals surface area (Å²) in [4.78, 5) is 6.51. The summed E-state index contributed by atoms with van der Waals surface area (Å²) in [7, 11) is 0. The molecule has 0 aliphatic heterocycles. The third-order valence-electron chi connectivity index (χ3n) is 1.32. The van der Waals surface area contributed by atoms with Crippen LogP contribution in [0.1, 0.15) is 0 Å². The van der Waals surface area contributed by atoms with Crippen molar-refractivity contribution in [3.63, 3.8) is 0 Å². The fourth-order valence-electron chi connectivity index (χ4n) is 0.861. The van der Waals surface area contributed by atoms with Crippen molar-refractivity contribution in [2.75, 3.05) is 0 Å². The highest BCUT2D eigenvalue weighted by Crippen LogP contribution is 2.23. The summed E-state index contributed by atoms with van der Waals surface area (Å²) >= 11 is 0. The molecule has 0 aromatic carbocycles. The normalized spacial score (nSPS) is 10.4. The van der Waals surface area contributed by atoms with Gasteiger partial charge in [-0.15, -0.1) is 0 Å². The largest absolute Gasteiger partial charge is 0.343 e. The molecule has 10 heavy (non-hydrogen) atoms. The Hall–Kier alpha value is -1.58. The standard InChI is InChI=1S/C6H5N3O/c1-7-6-4-2-3-8-5(4)9-10-6/h2-3H,1H2,(H,8,9). The second-order valence-electron chi connectivity index (χ2n) is 1.89. The SMILES string of the molecule is C=Nc1onc2[nH]ccc12. The van der Waals surface area contributed by atoms with E-state index in [9.17, 15) is 0 Å². The molecule has 0 unspecified atom stereocenters. The molecule has 0 spiro atoms. The highest BCUT2D eigenvalue weighted by atomic mass is 16.5. The van der Waals surface area contributed by atoms with Crippen LogP contribution in [0, 0.1) is 0 Å². The van der Waals surface area contributed by atoms with E-state index in [1.807, 2.05) is 6.07 Å². The van der Waals surface area contributed by atoms with Gasteiger partial charge in [0, 0.05) is 6.20 Å². The van der Waals surface area contributed by atoms with Crippen LogP contribution in [0.3, 0.4) is 0 Å². The number of H-pyrrole nitrogens is 1. The Morgan fingerprint density at radius 3 is 3.40 bits per heavy atom. The maximum absolute atomic E-state index is 4.79. The number of nitrogens with zero attached hydrogens (tertiary/aromatic N) is 2. The van der Waals surface area contributed by atoms with Crippen molar-refractivity contribution in [1.82, 2.24) is 10.1 Å². The number of hydrogen-bond donors (Lipinski definition) is 1. The minimum atomic E-state index is 0.469. The molecule has 0 saturated heterocycles. The van der Waals surface area contributed by atoms with E-state index in [4.69, 9.17) is 4.52 Å². The lowest BCUT2D eigenvalue weighted by atomic mass is 10.4. The van der Waals surface area contributed by atoms with Gasteiger partial charge in [0.05, 0.1) is 5.39 Å². The van der Waals surface area contributed by atoms with Crippen LogP contribution in [0.2, 0.25) is 0 Å². The lowest BCUT2D eigenvalue weighted by Crippen LogP contribution is -1.58. The van der Waals surface area contributed by atoms with Crippen molar-refractivity contribution in [1.29, 1.82) is 0 Å². The fraction of sp³-hybridized carbons (Fsp3) is 0. The number of aromatic nitrogens is 2. The van der Waals surface area contributed by atoms with Gasteiger partial charge in [0.2, 0.25) is 0 Å². The summed E-state index contributed by atoms with van der Waals surface area (Å²) in [5.74, 6) is 0.469. The van der Waals surface area contributed by atoms with E-state index in [0.29, 0.717) is 11.5 Å². The number of aliphatic imine (C=N–C) groups is 1. The minimum absolute atomic E-state index is 0.469. The van der Waals surface area contributed by atoms with E-state index >= 15 is 0 Å². The van der Waals surface area contributed by atoms with Gasteiger partial charge in [-0.1, -0.05) is 5.16 Å². The molecule has 50 valence electrons. The molecule has 0 aliphatic rings. The van der Waals surface area contributed by atoms with Gasteiger partial charge in [-0.2, -0.15) is 0 Å². The summed E-state index contributed by atoms with van der Waals surface area (Å²) in [6, 6.07) is 1.84. The second kappa shape index (κ2) is 1.70. The highest BCUT2D eigenvalue weighted by Gasteiger charge is 2.04. The van der Waals surface area contributed by atoms with Crippen LogP contribution in [0.15, 0.2) is 21.8 Å². The number of rotatable bonds is 1.